The second kappa shape index (κ2) is 5.94. The first-order valence-corrected chi connectivity index (χ1v) is 7.45. The summed E-state index contributed by atoms with van der Waals surface area (Å²) in [6, 6.07) is 8.12. The summed E-state index contributed by atoms with van der Waals surface area (Å²) in [7, 11) is 0. The van der Waals surface area contributed by atoms with Crippen LogP contribution in [0.4, 0.5) is 0 Å². The van der Waals surface area contributed by atoms with Gasteiger partial charge in [0.25, 0.3) is 0 Å². The summed E-state index contributed by atoms with van der Waals surface area (Å²) in [6.07, 6.45) is 4.12. The van der Waals surface area contributed by atoms with Crippen molar-refractivity contribution in [3.8, 4) is 0 Å². The van der Waals surface area contributed by atoms with Gasteiger partial charge in [0.2, 0.25) is 5.91 Å². The van der Waals surface area contributed by atoms with Crippen LogP contribution in [0.25, 0.3) is 0 Å². The van der Waals surface area contributed by atoms with Gasteiger partial charge in [-0.3, -0.25) is 4.79 Å². The Morgan fingerprint density at radius 1 is 1.20 bits per heavy atom. The van der Waals surface area contributed by atoms with Crippen LogP contribution in [-0.4, -0.2) is 24.7 Å². The zero-order valence-electron chi connectivity index (χ0n) is 11.7. The van der Waals surface area contributed by atoms with Gasteiger partial charge in [-0.2, -0.15) is 0 Å². The SMILES string of the molecule is NCc1ccc(CC(=O)NC2CCOC2C2CC2)cc1. The Balaban J connectivity index is 1.53. The molecule has 1 saturated heterocycles. The van der Waals surface area contributed by atoms with Gasteiger partial charge in [-0.1, -0.05) is 24.3 Å². The minimum Gasteiger partial charge on any atom is -0.376 e. The Morgan fingerprint density at radius 3 is 2.55 bits per heavy atom. The van der Waals surface area contributed by atoms with Crippen LogP contribution in [0, 0.1) is 5.92 Å². The molecule has 108 valence electrons. The number of carbonyl (C=O) groups is 1. The highest BCUT2D eigenvalue weighted by molar-refractivity contribution is 5.79. The molecule has 0 aromatic heterocycles. The number of hydrogen-bond acceptors (Lipinski definition) is 3. The number of ether oxygens (including phenoxy) is 1. The van der Waals surface area contributed by atoms with Gasteiger partial charge in [0.1, 0.15) is 0 Å². The Morgan fingerprint density at radius 2 is 1.90 bits per heavy atom. The maximum Gasteiger partial charge on any atom is 0.224 e. The molecule has 4 nitrogen and oxygen atoms in total. The van der Waals surface area contributed by atoms with Crippen molar-refractivity contribution in [2.45, 2.75) is 44.4 Å². The van der Waals surface area contributed by atoms with E-state index in [0.717, 1.165) is 24.2 Å². The molecule has 20 heavy (non-hydrogen) atoms. The van der Waals surface area contributed by atoms with Gasteiger partial charge in [-0.05, 0) is 36.3 Å². The van der Waals surface area contributed by atoms with Crippen molar-refractivity contribution in [1.82, 2.24) is 5.32 Å². The number of hydrogen-bond donors (Lipinski definition) is 2. The summed E-state index contributed by atoms with van der Waals surface area (Å²) >= 11 is 0. The third kappa shape index (κ3) is 3.19. The van der Waals surface area contributed by atoms with Crippen molar-refractivity contribution in [1.29, 1.82) is 0 Å². The molecule has 1 aliphatic heterocycles. The molecular formula is C16H22N2O2. The van der Waals surface area contributed by atoms with Crippen molar-refractivity contribution >= 4 is 5.91 Å². The molecule has 2 fully saturated rings. The van der Waals surface area contributed by atoms with Crippen LogP contribution in [0.1, 0.15) is 30.4 Å². The third-order valence-corrected chi connectivity index (χ3v) is 4.19. The van der Waals surface area contributed by atoms with E-state index in [1.807, 2.05) is 24.3 Å². The molecule has 0 spiro atoms. The predicted octanol–water partition coefficient (Wildman–Crippen LogP) is 1.37. The fraction of sp³-hybridized carbons (Fsp3) is 0.562. The van der Waals surface area contributed by atoms with Crippen LogP contribution in [-0.2, 0) is 22.5 Å². The second-order valence-corrected chi connectivity index (χ2v) is 5.83. The highest BCUT2D eigenvalue weighted by Gasteiger charge is 2.41. The lowest BCUT2D eigenvalue weighted by Gasteiger charge is -2.19. The number of rotatable bonds is 5. The van der Waals surface area contributed by atoms with Gasteiger partial charge in [0.15, 0.2) is 0 Å². The van der Waals surface area contributed by atoms with Crippen molar-refractivity contribution in [3.05, 3.63) is 35.4 Å². The van der Waals surface area contributed by atoms with E-state index >= 15 is 0 Å². The lowest BCUT2D eigenvalue weighted by atomic mass is 10.0. The molecule has 4 heteroatoms. The summed E-state index contributed by atoms with van der Waals surface area (Å²) < 4.78 is 5.74. The van der Waals surface area contributed by atoms with Gasteiger partial charge in [0, 0.05) is 13.2 Å². The largest absolute Gasteiger partial charge is 0.376 e. The molecule has 2 aliphatic rings. The highest BCUT2D eigenvalue weighted by atomic mass is 16.5. The average Bonchev–Trinajstić information content (AvgIpc) is 3.20. The van der Waals surface area contributed by atoms with Crippen molar-refractivity contribution in [2.24, 2.45) is 11.7 Å². The topological polar surface area (TPSA) is 64.4 Å². The van der Waals surface area contributed by atoms with Gasteiger partial charge < -0.3 is 15.8 Å². The van der Waals surface area contributed by atoms with Crippen LogP contribution >= 0.6 is 0 Å². The fourth-order valence-corrected chi connectivity index (χ4v) is 2.89. The van der Waals surface area contributed by atoms with E-state index in [-0.39, 0.29) is 18.1 Å². The summed E-state index contributed by atoms with van der Waals surface area (Å²) in [5.41, 5.74) is 7.69. The number of amides is 1. The molecule has 1 aromatic rings. The first-order chi connectivity index (χ1) is 9.76. The summed E-state index contributed by atoms with van der Waals surface area (Å²) in [4.78, 5) is 12.1. The predicted molar refractivity (Wildman–Crippen MR) is 77.0 cm³/mol. The van der Waals surface area contributed by atoms with Crippen LogP contribution in [0.3, 0.4) is 0 Å². The molecule has 3 rings (SSSR count). The second-order valence-electron chi connectivity index (χ2n) is 5.83. The fourth-order valence-electron chi connectivity index (χ4n) is 2.89. The normalized spacial score (nSPS) is 25.6. The maximum atomic E-state index is 12.1. The Labute approximate surface area is 119 Å². The summed E-state index contributed by atoms with van der Waals surface area (Å²) in [5.74, 6) is 0.762. The first-order valence-electron chi connectivity index (χ1n) is 7.45. The van der Waals surface area contributed by atoms with E-state index in [9.17, 15) is 4.79 Å². The molecule has 0 radical (unpaired) electrons. The molecule has 2 unspecified atom stereocenters. The minimum atomic E-state index is 0.0895. The summed E-state index contributed by atoms with van der Waals surface area (Å²) in [5, 5.41) is 3.14. The van der Waals surface area contributed by atoms with Gasteiger partial charge >= 0.3 is 0 Å². The lowest BCUT2D eigenvalue weighted by Crippen LogP contribution is -2.42. The molecule has 1 aliphatic carbocycles. The minimum absolute atomic E-state index is 0.0895. The number of benzene rings is 1. The third-order valence-electron chi connectivity index (χ3n) is 4.19. The first kappa shape index (κ1) is 13.6. The van der Waals surface area contributed by atoms with Crippen LogP contribution in [0.15, 0.2) is 24.3 Å². The van der Waals surface area contributed by atoms with Crippen molar-refractivity contribution < 1.29 is 9.53 Å². The summed E-state index contributed by atoms with van der Waals surface area (Å²) in [6.45, 7) is 1.31. The molecular weight excluding hydrogens is 252 g/mol. The number of nitrogens with one attached hydrogen (secondary N) is 1. The van der Waals surface area contributed by atoms with Crippen LogP contribution < -0.4 is 11.1 Å². The van der Waals surface area contributed by atoms with E-state index in [2.05, 4.69) is 5.32 Å². The Kier molecular flexibility index (Phi) is 4.03. The maximum absolute atomic E-state index is 12.1. The van der Waals surface area contributed by atoms with Gasteiger partial charge in [0.05, 0.1) is 18.6 Å². The smallest absolute Gasteiger partial charge is 0.224 e. The molecule has 1 amide bonds. The molecule has 3 N–H and O–H groups in total. The number of nitrogens with two attached hydrogens (primary N) is 1. The van der Waals surface area contributed by atoms with E-state index < -0.39 is 0 Å². The van der Waals surface area contributed by atoms with E-state index in [1.165, 1.54) is 12.8 Å². The van der Waals surface area contributed by atoms with Crippen molar-refractivity contribution in [2.75, 3.05) is 6.61 Å². The van der Waals surface area contributed by atoms with E-state index in [4.69, 9.17) is 10.5 Å². The quantitative estimate of drug-likeness (QED) is 0.852. The van der Waals surface area contributed by atoms with E-state index in [0.29, 0.717) is 18.9 Å². The Hall–Kier alpha value is -1.39. The van der Waals surface area contributed by atoms with Crippen LogP contribution in [0.2, 0.25) is 0 Å². The van der Waals surface area contributed by atoms with E-state index in [1.54, 1.807) is 0 Å². The van der Waals surface area contributed by atoms with Crippen molar-refractivity contribution in [3.63, 3.8) is 0 Å². The zero-order valence-corrected chi connectivity index (χ0v) is 11.7. The van der Waals surface area contributed by atoms with Gasteiger partial charge in [-0.15, -0.1) is 0 Å². The standard InChI is InChI=1S/C16H22N2O2/c17-10-12-3-1-11(2-4-12)9-15(19)18-14-7-8-20-16(14)13-5-6-13/h1-4,13-14,16H,5-10,17H2,(H,18,19). The molecule has 1 aromatic carbocycles. The average molecular weight is 274 g/mol. The zero-order chi connectivity index (χ0) is 13.9. The van der Waals surface area contributed by atoms with Gasteiger partial charge in [-0.25, -0.2) is 0 Å². The lowest BCUT2D eigenvalue weighted by molar-refractivity contribution is -0.121. The number of carbonyl (C=O) groups excluding carboxylic acids is 1. The highest BCUT2D eigenvalue weighted by Crippen LogP contribution is 2.38. The monoisotopic (exact) mass is 274 g/mol. The molecule has 1 heterocycles. The van der Waals surface area contributed by atoms with Crippen LogP contribution in [0.5, 0.6) is 0 Å². The molecule has 0 bridgehead atoms. The Bertz CT molecular complexity index is 468. The molecule has 1 saturated carbocycles. The molecule has 2 atom stereocenters.